The number of unbranched alkanes of at least 4 members (excludes halogenated alkanes) is 1. The molecular formula is C20H24F3N3OS. The van der Waals surface area contributed by atoms with Crippen molar-refractivity contribution in [1.82, 2.24) is 15.1 Å². The van der Waals surface area contributed by atoms with Gasteiger partial charge in [0.05, 0.1) is 4.88 Å². The van der Waals surface area contributed by atoms with Gasteiger partial charge in [-0.3, -0.25) is 9.48 Å². The smallest absolute Gasteiger partial charge is 0.359 e. The first kappa shape index (κ1) is 23.4. The molecule has 2 rings (SSSR count). The molecule has 8 heteroatoms. The van der Waals surface area contributed by atoms with Gasteiger partial charge in [-0.05, 0) is 38.0 Å². The maximum Gasteiger partial charge on any atom is 0.433 e. The number of halogens is 3. The van der Waals surface area contributed by atoms with Gasteiger partial charge in [-0.1, -0.05) is 37.0 Å². The Morgan fingerprint density at radius 3 is 2.57 bits per heavy atom. The predicted molar refractivity (Wildman–Crippen MR) is 108 cm³/mol. The number of amides is 1. The summed E-state index contributed by atoms with van der Waals surface area (Å²) < 4.78 is 38.4. The Hall–Kier alpha value is -2.61. The van der Waals surface area contributed by atoms with Crippen LogP contribution in [0, 0.1) is 6.92 Å². The molecule has 2 aromatic rings. The van der Waals surface area contributed by atoms with Crippen LogP contribution in [-0.4, -0.2) is 22.7 Å². The number of nitrogens with zero attached hydrogens (tertiary/aromatic N) is 2. The zero-order valence-corrected chi connectivity index (χ0v) is 16.7. The third kappa shape index (κ3) is 8.39. The molecule has 0 atom stereocenters. The van der Waals surface area contributed by atoms with Gasteiger partial charge < -0.3 is 5.32 Å². The highest BCUT2D eigenvalue weighted by Gasteiger charge is 2.35. The molecule has 0 aliphatic carbocycles. The minimum atomic E-state index is -4.35. The van der Waals surface area contributed by atoms with E-state index < -0.39 is 11.9 Å². The Bertz CT molecular complexity index is 804. The molecule has 0 saturated carbocycles. The van der Waals surface area contributed by atoms with Crippen LogP contribution in [-0.2, 0) is 18.0 Å². The first-order valence-corrected chi connectivity index (χ1v) is 9.40. The number of rotatable bonds is 8. The number of hydrogen-bond acceptors (Lipinski definition) is 3. The lowest BCUT2D eigenvalue weighted by molar-refractivity contribution is -0.143. The van der Waals surface area contributed by atoms with Crippen LogP contribution in [0.3, 0.4) is 0 Å². The number of aromatic nitrogens is 2. The minimum absolute atomic E-state index is 0.368. The molecule has 0 unspecified atom stereocenters. The average molecular weight is 411 g/mol. The Labute approximate surface area is 167 Å². The molecular weight excluding hydrogens is 387 g/mol. The highest BCUT2D eigenvalue weighted by Crippen LogP contribution is 2.33. The summed E-state index contributed by atoms with van der Waals surface area (Å²) in [5.41, 5.74) is -0.360. The Morgan fingerprint density at radius 1 is 1.29 bits per heavy atom. The van der Waals surface area contributed by atoms with Gasteiger partial charge in [-0.2, -0.15) is 18.3 Å². The second-order valence-corrected chi connectivity index (χ2v) is 7.00. The van der Waals surface area contributed by atoms with E-state index in [1.165, 1.54) is 18.4 Å². The maximum atomic E-state index is 12.5. The summed E-state index contributed by atoms with van der Waals surface area (Å²) in [6, 6.07) is 4.72. The molecule has 2 heterocycles. The van der Waals surface area contributed by atoms with E-state index in [9.17, 15) is 18.0 Å². The predicted octanol–water partition coefficient (Wildman–Crippen LogP) is 5.29. The van der Waals surface area contributed by atoms with Crippen molar-refractivity contribution < 1.29 is 18.0 Å². The lowest BCUT2D eigenvalue weighted by Gasteiger charge is -2.04. The fourth-order valence-corrected chi connectivity index (χ4v) is 2.95. The van der Waals surface area contributed by atoms with E-state index in [-0.39, 0.29) is 0 Å². The van der Waals surface area contributed by atoms with Crippen LogP contribution in [0.15, 0.2) is 55.2 Å². The standard InChI is InChI=1S/C10H9F3N2S.C10H15NO/c1-6-3-4-8(16-6)7-5-9(10(11,12)13)15(2)14-7;1-2-3-4-5-6-7-8-9-11-10-12/h3-5H,1-2H3;2-6,10H,1,7-9H2,(H,11,12)/b;4-3-,6-5-. The van der Waals surface area contributed by atoms with E-state index in [0.717, 1.165) is 46.3 Å². The largest absolute Gasteiger partial charge is 0.433 e. The Morgan fingerprint density at radius 2 is 2.04 bits per heavy atom. The van der Waals surface area contributed by atoms with Crippen LogP contribution < -0.4 is 5.32 Å². The van der Waals surface area contributed by atoms with Gasteiger partial charge in [-0.15, -0.1) is 11.3 Å². The maximum absolute atomic E-state index is 12.5. The molecule has 0 bridgehead atoms. The van der Waals surface area contributed by atoms with Crippen LogP contribution in [0.1, 0.15) is 23.4 Å². The zero-order chi connectivity index (χ0) is 21.0. The van der Waals surface area contributed by atoms with Gasteiger partial charge in [0.15, 0.2) is 0 Å². The average Bonchev–Trinajstić information content (AvgIpc) is 3.23. The summed E-state index contributed by atoms with van der Waals surface area (Å²) in [6.45, 7) is 6.20. The van der Waals surface area contributed by atoms with Gasteiger partial charge in [0.2, 0.25) is 6.41 Å². The van der Waals surface area contributed by atoms with Crippen molar-refractivity contribution in [2.45, 2.75) is 25.9 Å². The van der Waals surface area contributed by atoms with Crippen molar-refractivity contribution in [2.75, 3.05) is 6.54 Å². The molecule has 0 aliphatic heterocycles. The number of allylic oxidation sites excluding steroid dienone is 5. The van der Waals surface area contributed by atoms with Crippen molar-refractivity contribution >= 4 is 17.7 Å². The molecule has 1 N–H and O–H groups in total. The number of carbonyl (C=O) groups is 1. The van der Waals surface area contributed by atoms with E-state index >= 15 is 0 Å². The van der Waals surface area contributed by atoms with Crippen molar-refractivity contribution in [3.8, 4) is 10.6 Å². The lowest BCUT2D eigenvalue weighted by atomic mass is 10.3. The molecule has 152 valence electrons. The number of thiophene rings is 1. The summed E-state index contributed by atoms with van der Waals surface area (Å²) in [5, 5.41) is 6.47. The normalized spacial score (nSPS) is 11.5. The summed E-state index contributed by atoms with van der Waals surface area (Å²) in [4.78, 5) is 11.6. The van der Waals surface area contributed by atoms with E-state index in [0.29, 0.717) is 5.69 Å². The summed E-state index contributed by atoms with van der Waals surface area (Å²) in [5.74, 6) is 0. The van der Waals surface area contributed by atoms with Gasteiger partial charge >= 0.3 is 6.18 Å². The summed E-state index contributed by atoms with van der Waals surface area (Å²) >= 11 is 1.43. The van der Waals surface area contributed by atoms with Crippen LogP contribution in [0.5, 0.6) is 0 Å². The fraction of sp³-hybridized carbons (Fsp3) is 0.300. The monoisotopic (exact) mass is 411 g/mol. The molecule has 1 amide bonds. The van der Waals surface area contributed by atoms with Crippen molar-refractivity contribution in [1.29, 1.82) is 0 Å². The quantitative estimate of drug-likeness (QED) is 0.365. The van der Waals surface area contributed by atoms with Crippen LogP contribution in [0.2, 0.25) is 0 Å². The molecule has 0 aromatic carbocycles. The number of hydrogen-bond donors (Lipinski definition) is 1. The van der Waals surface area contributed by atoms with Gasteiger partial charge in [0, 0.05) is 18.5 Å². The number of aryl methyl sites for hydroxylation is 2. The highest BCUT2D eigenvalue weighted by molar-refractivity contribution is 7.15. The topological polar surface area (TPSA) is 46.9 Å². The Balaban J connectivity index is 0.000000295. The molecule has 4 nitrogen and oxygen atoms in total. The first-order valence-electron chi connectivity index (χ1n) is 8.59. The van der Waals surface area contributed by atoms with Crippen molar-refractivity contribution in [2.24, 2.45) is 7.05 Å². The molecule has 0 spiro atoms. The van der Waals surface area contributed by atoms with Gasteiger partial charge in [0.25, 0.3) is 0 Å². The lowest BCUT2D eigenvalue weighted by Crippen LogP contribution is -2.11. The first-order chi connectivity index (χ1) is 13.3. The molecule has 2 aromatic heterocycles. The van der Waals surface area contributed by atoms with E-state index in [1.807, 2.05) is 31.2 Å². The molecule has 0 radical (unpaired) electrons. The fourth-order valence-electron chi connectivity index (χ4n) is 2.12. The molecule has 0 saturated heterocycles. The van der Waals surface area contributed by atoms with Gasteiger partial charge in [-0.25, -0.2) is 0 Å². The van der Waals surface area contributed by atoms with Crippen LogP contribution >= 0.6 is 11.3 Å². The van der Waals surface area contributed by atoms with Crippen molar-refractivity contribution in [3.05, 3.63) is 65.7 Å². The van der Waals surface area contributed by atoms with Crippen molar-refractivity contribution in [3.63, 3.8) is 0 Å². The van der Waals surface area contributed by atoms with Crippen LogP contribution in [0.4, 0.5) is 13.2 Å². The van der Waals surface area contributed by atoms with E-state index in [2.05, 4.69) is 23.1 Å². The third-order valence-corrected chi connectivity index (χ3v) is 4.46. The second-order valence-electron chi connectivity index (χ2n) is 5.71. The minimum Gasteiger partial charge on any atom is -0.359 e. The number of alkyl halides is 3. The zero-order valence-electron chi connectivity index (χ0n) is 15.9. The van der Waals surface area contributed by atoms with Gasteiger partial charge in [0.1, 0.15) is 11.4 Å². The van der Waals surface area contributed by atoms with Crippen LogP contribution in [0.25, 0.3) is 10.6 Å². The Kier molecular flexibility index (Phi) is 10.0. The molecule has 28 heavy (non-hydrogen) atoms. The molecule has 0 aliphatic rings. The highest BCUT2D eigenvalue weighted by atomic mass is 32.1. The van der Waals surface area contributed by atoms with E-state index in [4.69, 9.17) is 0 Å². The third-order valence-electron chi connectivity index (χ3n) is 3.43. The number of nitrogens with one attached hydrogen (secondary N) is 1. The second kappa shape index (κ2) is 12.0. The summed E-state index contributed by atoms with van der Waals surface area (Å²) in [7, 11) is 1.30. The molecule has 0 fully saturated rings. The van der Waals surface area contributed by atoms with E-state index in [1.54, 1.807) is 12.1 Å². The summed E-state index contributed by atoms with van der Waals surface area (Å²) in [6.07, 6.45) is 7.92. The number of carbonyl (C=O) groups excluding carboxylic acids is 1. The SMILES string of the molecule is C=C/C=C\C=C/CCCNC=O.Cc1ccc(-c2cc(C(F)(F)F)n(C)n2)s1.